The van der Waals surface area contributed by atoms with Crippen LogP contribution in [0.15, 0.2) is 84.9 Å². The molecule has 164 valence electrons. The second-order valence-electron chi connectivity index (χ2n) is 5.08. The summed E-state index contributed by atoms with van der Waals surface area (Å²) < 4.78 is 60.9. The van der Waals surface area contributed by atoms with Gasteiger partial charge in [-0.25, -0.2) is 0 Å². The molecule has 0 atom stereocenters. The summed E-state index contributed by atoms with van der Waals surface area (Å²) in [5.41, 5.74) is 0. The van der Waals surface area contributed by atoms with Crippen molar-refractivity contribution in [3.8, 4) is 0 Å². The first-order valence-electron chi connectivity index (χ1n) is 8.01. The van der Waals surface area contributed by atoms with Gasteiger partial charge in [0.2, 0.25) is 0 Å². The third kappa shape index (κ3) is 16.4. The molecule has 0 aromatic heterocycles. The van der Waals surface area contributed by atoms with E-state index in [0.29, 0.717) is 0 Å². The van der Waals surface area contributed by atoms with Gasteiger partial charge in [0.1, 0.15) is 0 Å². The van der Waals surface area contributed by atoms with Crippen LogP contribution in [0, 0.1) is 13.4 Å². The van der Waals surface area contributed by atoms with Crippen molar-refractivity contribution in [2.45, 2.75) is 0 Å². The van der Waals surface area contributed by atoms with Crippen molar-refractivity contribution in [2.24, 2.45) is 0 Å². The van der Waals surface area contributed by atoms with E-state index in [2.05, 4.69) is 89.1 Å². The molecule has 4 rings (SSSR count). The molecular formula is C21H16Cl2F6Zr-4. The molecule has 0 saturated carbocycles. The van der Waals surface area contributed by atoms with Gasteiger partial charge in [-0.1, -0.05) is 12.1 Å². The Morgan fingerprint density at radius 3 is 1.17 bits per heavy atom. The van der Waals surface area contributed by atoms with E-state index in [4.69, 9.17) is 17.0 Å². The smallest absolute Gasteiger partial charge is 0.0809 e. The Hall–Kier alpha value is -1.43. The van der Waals surface area contributed by atoms with E-state index in [1.54, 1.807) is 0 Å². The molecule has 4 aromatic rings. The summed E-state index contributed by atoms with van der Waals surface area (Å²) in [6.45, 7) is -6.17. The van der Waals surface area contributed by atoms with Gasteiger partial charge in [0.05, 0.1) is 0 Å². The zero-order valence-electron chi connectivity index (χ0n) is 15.3. The minimum absolute atomic E-state index is 1.33. The van der Waals surface area contributed by atoms with Crippen molar-refractivity contribution < 1.29 is 45.2 Å². The van der Waals surface area contributed by atoms with Crippen LogP contribution in [0.3, 0.4) is 0 Å². The van der Waals surface area contributed by atoms with E-state index in [-0.39, 0.29) is 0 Å². The van der Waals surface area contributed by atoms with E-state index < -0.39 is 32.2 Å². The van der Waals surface area contributed by atoms with Crippen LogP contribution in [-0.2, 0) is 18.9 Å². The third-order valence-electron chi connectivity index (χ3n) is 3.10. The standard InChI is InChI=1S/2C9H7.2CF3.CH2.2ClH.Zr/c2*1-2-5-9-7-3-6-8(9)4-1;2*2-1(3)4;;;;/h2*1-7H;;;1H2;2*1H;/q4*-1;;;;+2/p-2. The number of hydrogen-bond donors (Lipinski definition) is 0. The predicted molar refractivity (Wildman–Crippen MR) is 111 cm³/mol. The van der Waals surface area contributed by atoms with Gasteiger partial charge in [-0.15, -0.1) is 59.3 Å². The molecule has 0 aliphatic heterocycles. The van der Waals surface area contributed by atoms with Crippen molar-refractivity contribution in [2.75, 3.05) is 0 Å². The van der Waals surface area contributed by atoms with E-state index in [1.807, 2.05) is 0 Å². The van der Waals surface area contributed by atoms with E-state index in [0.717, 1.165) is 0 Å². The number of benzene rings is 2. The number of halogens is 8. The van der Waals surface area contributed by atoms with Crippen LogP contribution in [0.2, 0.25) is 0 Å². The maximum Gasteiger partial charge on any atom is -0.0809 e. The van der Waals surface area contributed by atoms with E-state index >= 15 is 0 Å². The SMILES string of the molecule is F[C-](F)F.F[C-](F)F.[CH2]=[Zr]([Cl])[Cl].c1ccc2[cH-]ccc2c1.c1ccc2[cH-]ccc2c1. The van der Waals surface area contributed by atoms with Crippen LogP contribution in [-0.4, -0.2) is 4.21 Å². The second-order valence-corrected chi connectivity index (χ2v) is 13.3. The Morgan fingerprint density at radius 2 is 0.900 bits per heavy atom. The minimum Gasteiger partial charge on any atom is -0.168 e. The van der Waals surface area contributed by atoms with Gasteiger partial charge in [0, 0.05) is 0 Å². The first kappa shape index (κ1) is 28.6. The summed E-state index contributed by atoms with van der Waals surface area (Å²) in [6.07, 6.45) is 0. The Kier molecular flexibility index (Phi) is 16.5. The third-order valence-corrected chi connectivity index (χ3v) is 3.10. The molecule has 0 nitrogen and oxygen atoms in total. The molecule has 9 heteroatoms. The average molecular weight is 544 g/mol. The van der Waals surface area contributed by atoms with Gasteiger partial charge in [-0.3, -0.25) is 0 Å². The number of hydrogen-bond acceptors (Lipinski definition) is 0. The summed E-state index contributed by atoms with van der Waals surface area (Å²) >= 11 is -1.85. The molecule has 0 aliphatic rings. The molecular weight excluding hydrogens is 528 g/mol. The van der Waals surface area contributed by atoms with Gasteiger partial charge in [0.25, 0.3) is 0 Å². The summed E-state index contributed by atoms with van der Waals surface area (Å²) in [5.74, 6) is 0. The first-order valence-corrected chi connectivity index (χ1v) is 16.1. The van der Waals surface area contributed by atoms with Gasteiger partial charge in [0.15, 0.2) is 13.4 Å². The summed E-state index contributed by atoms with van der Waals surface area (Å²) in [4.78, 5) is 0. The van der Waals surface area contributed by atoms with Crippen molar-refractivity contribution in [1.29, 1.82) is 0 Å². The molecule has 0 N–H and O–H groups in total. The van der Waals surface area contributed by atoms with Gasteiger partial charge < -0.3 is 26.3 Å². The fraction of sp³-hybridized carbons (Fsp3) is 0. The maximum absolute atomic E-state index is 9.58. The topological polar surface area (TPSA) is 0 Å². The van der Waals surface area contributed by atoms with Crippen LogP contribution in [0.5, 0.6) is 0 Å². The summed E-state index contributed by atoms with van der Waals surface area (Å²) in [5, 5.41) is 5.32. The van der Waals surface area contributed by atoms with Crippen molar-refractivity contribution >= 4 is 42.8 Å². The molecule has 0 amide bonds. The van der Waals surface area contributed by atoms with Crippen LogP contribution in [0.1, 0.15) is 0 Å². The molecule has 0 aliphatic carbocycles. The van der Waals surface area contributed by atoms with E-state index in [9.17, 15) is 26.3 Å². The Morgan fingerprint density at radius 1 is 0.633 bits per heavy atom. The quantitative estimate of drug-likeness (QED) is 0.153. The second kappa shape index (κ2) is 17.3. The number of rotatable bonds is 0. The molecule has 0 spiro atoms. The molecule has 0 saturated heterocycles. The fourth-order valence-corrected chi connectivity index (χ4v) is 2.14. The Labute approximate surface area is 185 Å². The van der Waals surface area contributed by atoms with Crippen molar-refractivity contribution in [1.82, 2.24) is 0 Å². The van der Waals surface area contributed by atoms with Gasteiger partial charge in [-0.2, -0.15) is 35.0 Å². The summed E-state index contributed by atoms with van der Waals surface area (Å²) in [6, 6.07) is 29.3. The molecule has 0 bridgehead atoms. The molecule has 0 heterocycles. The largest absolute Gasteiger partial charge is 0.168 e. The normalized spacial score (nSPS) is 9.40. The van der Waals surface area contributed by atoms with Crippen LogP contribution in [0.25, 0.3) is 21.5 Å². The predicted octanol–water partition coefficient (Wildman–Crippen LogP) is 9.15. The van der Waals surface area contributed by atoms with Crippen LogP contribution < -0.4 is 0 Å². The Bertz CT molecular complexity index is 811. The molecule has 4 aromatic carbocycles. The van der Waals surface area contributed by atoms with Crippen LogP contribution >= 0.6 is 17.0 Å². The monoisotopic (exact) mass is 542 g/mol. The molecule has 0 fully saturated rings. The minimum atomic E-state index is -3.08. The van der Waals surface area contributed by atoms with Crippen LogP contribution in [0.4, 0.5) is 26.3 Å². The fourth-order valence-electron chi connectivity index (χ4n) is 2.14. The maximum atomic E-state index is 9.58. The Balaban J connectivity index is 0.000000377. The van der Waals surface area contributed by atoms with E-state index in [1.165, 1.54) is 21.5 Å². The molecule has 0 radical (unpaired) electrons. The molecule has 30 heavy (non-hydrogen) atoms. The molecule has 0 unspecified atom stereocenters. The zero-order chi connectivity index (χ0) is 22.9. The zero-order valence-corrected chi connectivity index (χ0v) is 19.3. The first-order chi connectivity index (χ1) is 14.1. The average Bonchev–Trinajstić information content (AvgIpc) is 3.30. The van der Waals surface area contributed by atoms with Gasteiger partial charge >= 0.3 is 40.1 Å². The van der Waals surface area contributed by atoms with Crippen molar-refractivity contribution in [3.63, 3.8) is 0 Å². The summed E-state index contributed by atoms with van der Waals surface area (Å²) in [7, 11) is 10.3. The van der Waals surface area contributed by atoms with Crippen molar-refractivity contribution in [3.05, 3.63) is 98.3 Å². The van der Waals surface area contributed by atoms with Gasteiger partial charge in [-0.05, 0) is 0 Å². The number of fused-ring (bicyclic) bond motifs is 2.